The fraction of sp³-hybridized carbons (Fsp3) is 0.100. The van der Waals surface area contributed by atoms with Gasteiger partial charge in [-0.25, -0.2) is 0 Å². The molecule has 0 atom stereocenters. The van der Waals surface area contributed by atoms with Gasteiger partial charge in [0.1, 0.15) is 0 Å². The maximum atomic E-state index is 11.3. The van der Waals surface area contributed by atoms with Crippen molar-refractivity contribution in [3.05, 3.63) is 48.2 Å². The maximum Gasteiger partial charge on any atom is 0.255 e. The van der Waals surface area contributed by atoms with Crippen LogP contribution in [-0.2, 0) is 0 Å². The molecule has 13 heavy (non-hydrogen) atoms. The summed E-state index contributed by atoms with van der Waals surface area (Å²) in [4.78, 5) is 11.3. The third kappa shape index (κ3) is 3.09. The lowest BCUT2D eigenvalue weighted by Crippen LogP contribution is -2.17. The second kappa shape index (κ2) is 5.11. The largest absolute Gasteiger partial charge is 0.329 e. The van der Waals surface area contributed by atoms with Crippen molar-refractivity contribution in [2.24, 2.45) is 5.73 Å². The van der Waals surface area contributed by atoms with E-state index < -0.39 is 0 Å². The SMILES string of the molecule is NCC=CNC(=O)c1ccccc1. The van der Waals surface area contributed by atoms with Crippen LogP contribution in [0.25, 0.3) is 0 Å². The molecule has 1 amide bonds. The molecule has 0 radical (unpaired) electrons. The van der Waals surface area contributed by atoms with Gasteiger partial charge in [-0.15, -0.1) is 0 Å². The van der Waals surface area contributed by atoms with Gasteiger partial charge in [-0.1, -0.05) is 24.3 Å². The van der Waals surface area contributed by atoms with Crippen molar-refractivity contribution in [1.29, 1.82) is 0 Å². The smallest absolute Gasteiger partial charge is 0.255 e. The van der Waals surface area contributed by atoms with Gasteiger partial charge < -0.3 is 11.1 Å². The van der Waals surface area contributed by atoms with Gasteiger partial charge in [0.2, 0.25) is 0 Å². The Hall–Kier alpha value is -1.61. The first-order valence-corrected chi connectivity index (χ1v) is 4.05. The number of nitrogens with two attached hydrogens (primary N) is 1. The fourth-order valence-electron chi connectivity index (χ4n) is 0.876. The third-order valence-corrected chi connectivity index (χ3v) is 1.50. The zero-order valence-electron chi connectivity index (χ0n) is 7.23. The average Bonchev–Trinajstić information content (AvgIpc) is 2.19. The number of rotatable bonds is 3. The Morgan fingerprint density at radius 2 is 2.08 bits per heavy atom. The van der Waals surface area contributed by atoms with E-state index in [1.807, 2.05) is 18.2 Å². The molecule has 1 aromatic carbocycles. The molecule has 0 saturated carbocycles. The predicted octanol–water partition coefficient (Wildman–Crippen LogP) is 0.889. The van der Waals surface area contributed by atoms with Crippen LogP contribution in [0.15, 0.2) is 42.6 Å². The summed E-state index contributed by atoms with van der Waals surface area (Å²) in [6, 6.07) is 9.02. The highest BCUT2D eigenvalue weighted by atomic mass is 16.1. The molecule has 0 aliphatic heterocycles. The van der Waals surface area contributed by atoms with Gasteiger partial charge in [-0.2, -0.15) is 0 Å². The molecule has 0 aliphatic carbocycles. The van der Waals surface area contributed by atoms with Gasteiger partial charge in [-0.3, -0.25) is 4.79 Å². The first kappa shape index (κ1) is 9.48. The highest BCUT2D eigenvalue weighted by Gasteiger charge is 1.99. The number of carbonyl (C=O) groups is 1. The minimum absolute atomic E-state index is 0.120. The summed E-state index contributed by atoms with van der Waals surface area (Å²) < 4.78 is 0. The van der Waals surface area contributed by atoms with E-state index in [9.17, 15) is 4.79 Å². The molecule has 3 heteroatoms. The van der Waals surface area contributed by atoms with Gasteiger partial charge in [0.25, 0.3) is 5.91 Å². The Morgan fingerprint density at radius 1 is 1.38 bits per heavy atom. The number of carbonyl (C=O) groups excluding carboxylic acids is 1. The first-order valence-electron chi connectivity index (χ1n) is 4.05. The normalized spacial score (nSPS) is 10.2. The van der Waals surface area contributed by atoms with Gasteiger partial charge in [0, 0.05) is 18.3 Å². The van der Waals surface area contributed by atoms with Crippen molar-refractivity contribution in [3.8, 4) is 0 Å². The molecule has 0 bridgehead atoms. The summed E-state index contributed by atoms with van der Waals surface area (Å²) in [5.74, 6) is -0.120. The Morgan fingerprint density at radius 3 is 2.69 bits per heavy atom. The van der Waals surface area contributed by atoms with Crippen molar-refractivity contribution < 1.29 is 4.79 Å². The summed E-state index contributed by atoms with van der Waals surface area (Å²) >= 11 is 0. The molecule has 3 nitrogen and oxygen atoms in total. The number of amides is 1. The molecular weight excluding hydrogens is 164 g/mol. The van der Waals surface area contributed by atoms with E-state index in [0.717, 1.165) is 0 Å². The Balaban J connectivity index is 2.54. The van der Waals surface area contributed by atoms with Crippen molar-refractivity contribution in [1.82, 2.24) is 5.32 Å². The second-order valence-corrected chi connectivity index (χ2v) is 2.48. The molecule has 1 aromatic rings. The number of hydrogen-bond acceptors (Lipinski definition) is 2. The number of benzene rings is 1. The number of nitrogens with one attached hydrogen (secondary N) is 1. The molecule has 0 aromatic heterocycles. The summed E-state index contributed by atoms with van der Waals surface area (Å²) in [6.07, 6.45) is 3.23. The Kier molecular flexibility index (Phi) is 3.73. The topological polar surface area (TPSA) is 55.1 Å². The lowest BCUT2D eigenvalue weighted by Gasteiger charge is -1.98. The average molecular weight is 176 g/mol. The molecule has 3 N–H and O–H groups in total. The lowest BCUT2D eigenvalue weighted by atomic mass is 10.2. The molecule has 0 saturated heterocycles. The predicted molar refractivity (Wildman–Crippen MR) is 52.1 cm³/mol. The molecule has 1 rings (SSSR count). The van der Waals surface area contributed by atoms with Crippen LogP contribution in [0.5, 0.6) is 0 Å². The molecule has 0 spiro atoms. The van der Waals surface area contributed by atoms with Crippen molar-refractivity contribution in [2.45, 2.75) is 0 Å². The first-order chi connectivity index (χ1) is 6.34. The van der Waals surface area contributed by atoms with Crippen molar-refractivity contribution >= 4 is 5.91 Å². The van der Waals surface area contributed by atoms with Crippen molar-refractivity contribution in [2.75, 3.05) is 6.54 Å². The van der Waals surface area contributed by atoms with Crippen molar-refractivity contribution in [3.63, 3.8) is 0 Å². The second-order valence-electron chi connectivity index (χ2n) is 2.48. The third-order valence-electron chi connectivity index (χ3n) is 1.50. The van der Waals surface area contributed by atoms with Crippen LogP contribution < -0.4 is 11.1 Å². The minimum atomic E-state index is -0.120. The maximum absolute atomic E-state index is 11.3. The van der Waals surface area contributed by atoms with E-state index in [2.05, 4.69) is 5.32 Å². The van der Waals surface area contributed by atoms with E-state index in [1.54, 1.807) is 24.4 Å². The zero-order valence-corrected chi connectivity index (χ0v) is 7.23. The van der Waals surface area contributed by atoms with Crippen LogP contribution in [0, 0.1) is 0 Å². The monoisotopic (exact) mass is 176 g/mol. The summed E-state index contributed by atoms with van der Waals surface area (Å²) in [6.45, 7) is 0.426. The molecule has 0 unspecified atom stereocenters. The Bertz CT molecular complexity index is 293. The van der Waals surface area contributed by atoms with Crippen LogP contribution >= 0.6 is 0 Å². The zero-order chi connectivity index (χ0) is 9.52. The molecule has 0 fully saturated rings. The van der Waals surface area contributed by atoms with Crippen LogP contribution in [0.1, 0.15) is 10.4 Å². The van der Waals surface area contributed by atoms with Crippen LogP contribution in [0.3, 0.4) is 0 Å². The van der Waals surface area contributed by atoms with Crippen LogP contribution in [0.4, 0.5) is 0 Å². The van der Waals surface area contributed by atoms with E-state index in [4.69, 9.17) is 5.73 Å². The summed E-state index contributed by atoms with van der Waals surface area (Å²) in [5, 5.41) is 2.60. The molecular formula is C10H12N2O. The highest BCUT2D eigenvalue weighted by molar-refractivity contribution is 5.94. The van der Waals surface area contributed by atoms with Gasteiger partial charge in [0.05, 0.1) is 0 Å². The summed E-state index contributed by atoms with van der Waals surface area (Å²) in [7, 11) is 0. The lowest BCUT2D eigenvalue weighted by molar-refractivity contribution is 0.0970. The van der Waals surface area contributed by atoms with E-state index >= 15 is 0 Å². The van der Waals surface area contributed by atoms with Gasteiger partial charge in [-0.05, 0) is 12.1 Å². The van der Waals surface area contributed by atoms with E-state index in [-0.39, 0.29) is 5.91 Å². The Labute approximate surface area is 77.3 Å². The standard InChI is InChI=1S/C10H12N2O/c11-7-4-8-12-10(13)9-5-2-1-3-6-9/h1-6,8H,7,11H2,(H,12,13). The van der Waals surface area contributed by atoms with Crippen LogP contribution in [0.2, 0.25) is 0 Å². The van der Waals surface area contributed by atoms with E-state index in [1.165, 1.54) is 0 Å². The van der Waals surface area contributed by atoms with Crippen LogP contribution in [-0.4, -0.2) is 12.5 Å². The molecule has 0 heterocycles. The summed E-state index contributed by atoms with van der Waals surface area (Å²) in [5.41, 5.74) is 5.86. The van der Waals surface area contributed by atoms with Gasteiger partial charge in [0.15, 0.2) is 0 Å². The molecule has 68 valence electrons. The quantitative estimate of drug-likeness (QED) is 0.718. The van der Waals surface area contributed by atoms with Gasteiger partial charge >= 0.3 is 0 Å². The fourth-order valence-corrected chi connectivity index (χ4v) is 0.876. The minimum Gasteiger partial charge on any atom is -0.329 e. The highest BCUT2D eigenvalue weighted by Crippen LogP contribution is 1.97. The number of hydrogen-bond donors (Lipinski definition) is 2. The van der Waals surface area contributed by atoms with E-state index in [0.29, 0.717) is 12.1 Å². The molecule has 0 aliphatic rings.